The average Bonchev–Trinajstić information content (AvgIpc) is 2.65. The predicted molar refractivity (Wildman–Crippen MR) is 46.4 cm³/mol. The molecule has 0 aromatic carbocycles. The van der Waals surface area contributed by atoms with Crippen LogP contribution >= 0.6 is 0 Å². The van der Waals surface area contributed by atoms with E-state index in [2.05, 4.69) is 9.72 Å². The van der Waals surface area contributed by atoms with E-state index in [-0.39, 0.29) is 5.57 Å². The first kappa shape index (κ1) is 9.07. The summed E-state index contributed by atoms with van der Waals surface area (Å²) in [6.07, 6.45) is 3.14. The van der Waals surface area contributed by atoms with Crippen molar-refractivity contribution < 1.29 is 9.53 Å². The normalized spacial score (nSPS) is 10.6. The first-order valence-electron chi connectivity index (χ1n) is 3.61. The Bertz CT molecular complexity index is 357. The fraction of sp³-hybridized carbons (Fsp3) is 0.111. The monoisotopic (exact) mass is 176 g/mol. The lowest BCUT2D eigenvalue weighted by Crippen LogP contribution is -2.02. The second kappa shape index (κ2) is 4.12. The molecule has 1 N–H and O–H groups in total. The Hall–Kier alpha value is -2.02. The number of nitrogens with zero attached hydrogens (tertiary/aromatic N) is 1. The molecule has 0 saturated heterocycles. The molecule has 1 aromatic heterocycles. The van der Waals surface area contributed by atoms with Gasteiger partial charge >= 0.3 is 5.97 Å². The highest BCUT2D eigenvalue weighted by Crippen LogP contribution is 2.04. The van der Waals surface area contributed by atoms with E-state index in [9.17, 15) is 4.79 Å². The number of hydrogen-bond donors (Lipinski definition) is 1. The topological polar surface area (TPSA) is 65.9 Å². The Labute approximate surface area is 75.4 Å². The molecule has 13 heavy (non-hydrogen) atoms. The van der Waals surface area contributed by atoms with Crippen LogP contribution in [0.25, 0.3) is 6.08 Å². The first-order chi connectivity index (χ1) is 6.27. The zero-order valence-electron chi connectivity index (χ0n) is 7.07. The maximum absolute atomic E-state index is 10.9. The summed E-state index contributed by atoms with van der Waals surface area (Å²) in [5, 5.41) is 8.59. The van der Waals surface area contributed by atoms with Gasteiger partial charge < -0.3 is 9.72 Å². The molecule has 4 heteroatoms. The van der Waals surface area contributed by atoms with Gasteiger partial charge in [-0.3, -0.25) is 0 Å². The minimum absolute atomic E-state index is 0.0232. The van der Waals surface area contributed by atoms with Gasteiger partial charge in [0.05, 0.1) is 7.11 Å². The van der Waals surface area contributed by atoms with Crippen molar-refractivity contribution in [2.45, 2.75) is 0 Å². The summed E-state index contributed by atoms with van der Waals surface area (Å²) in [5.41, 5.74) is 0.673. The average molecular weight is 176 g/mol. The number of H-pyrrole nitrogens is 1. The molecule has 0 spiro atoms. The first-order valence-corrected chi connectivity index (χ1v) is 3.61. The molecule has 66 valence electrons. The van der Waals surface area contributed by atoms with E-state index < -0.39 is 5.97 Å². The highest BCUT2D eigenvalue weighted by molar-refractivity contribution is 5.97. The van der Waals surface area contributed by atoms with Gasteiger partial charge in [0, 0.05) is 11.9 Å². The molecule has 0 unspecified atom stereocenters. The molecule has 0 saturated carbocycles. The van der Waals surface area contributed by atoms with Crippen molar-refractivity contribution in [2.75, 3.05) is 7.11 Å². The Balaban J connectivity index is 2.91. The summed E-state index contributed by atoms with van der Waals surface area (Å²) in [6, 6.07) is 5.28. The summed E-state index contributed by atoms with van der Waals surface area (Å²) in [5.74, 6) is -0.628. The van der Waals surface area contributed by atoms with E-state index in [0.29, 0.717) is 5.69 Å². The number of methoxy groups -OCH3 is 1. The maximum atomic E-state index is 10.9. The van der Waals surface area contributed by atoms with Crippen LogP contribution in [0.2, 0.25) is 0 Å². The molecule has 1 heterocycles. The lowest BCUT2D eigenvalue weighted by molar-refractivity contribution is -0.135. The van der Waals surface area contributed by atoms with Gasteiger partial charge in [0.15, 0.2) is 0 Å². The Morgan fingerprint density at radius 2 is 2.54 bits per heavy atom. The fourth-order valence-corrected chi connectivity index (χ4v) is 0.836. The van der Waals surface area contributed by atoms with Crippen LogP contribution in [-0.2, 0) is 9.53 Å². The number of carbonyl (C=O) groups excluding carboxylic acids is 1. The summed E-state index contributed by atoms with van der Waals surface area (Å²) < 4.78 is 4.41. The number of hydrogen-bond acceptors (Lipinski definition) is 3. The SMILES string of the molecule is COC(=O)C(C#N)=Cc1ccc[nH]1. The van der Waals surface area contributed by atoms with Crippen molar-refractivity contribution in [2.24, 2.45) is 0 Å². The maximum Gasteiger partial charge on any atom is 0.348 e. The van der Waals surface area contributed by atoms with Crippen LogP contribution < -0.4 is 0 Å². The lowest BCUT2D eigenvalue weighted by atomic mass is 10.2. The van der Waals surface area contributed by atoms with Crippen LogP contribution in [0.4, 0.5) is 0 Å². The third-order valence-electron chi connectivity index (χ3n) is 1.45. The van der Waals surface area contributed by atoms with E-state index in [0.717, 1.165) is 0 Å². The third kappa shape index (κ3) is 2.20. The Morgan fingerprint density at radius 1 is 1.77 bits per heavy atom. The molecule has 0 aliphatic heterocycles. The molecule has 4 nitrogen and oxygen atoms in total. The van der Waals surface area contributed by atoms with Gasteiger partial charge in [-0.05, 0) is 18.2 Å². The van der Waals surface area contributed by atoms with Crippen molar-refractivity contribution >= 4 is 12.0 Å². The number of aromatic amines is 1. The molecule has 0 aliphatic carbocycles. The van der Waals surface area contributed by atoms with Crippen LogP contribution in [0, 0.1) is 11.3 Å². The van der Waals surface area contributed by atoms with Crippen LogP contribution in [0.1, 0.15) is 5.69 Å². The van der Waals surface area contributed by atoms with Crippen molar-refractivity contribution in [3.8, 4) is 6.07 Å². The molecule has 0 bridgehead atoms. The molecule has 0 fully saturated rings. The lowest BCUT2D eigenvalue weighted by Gasteiger charge is -1.94. The van der Waals surface area contributed by atoms with Gasteiger partial charge in [-0.15, -0.1) is 0 Å². The number of ether oxygens (including phenoxy) is 1. The quantitative estimate of drug-likeness (QED) is 0.416. The highest BCUT2D eigenvalue weighted by atomic mass is 16.5. The zero-order valence-corrected chi connectivity index (χ0v) is 7.07. The number of nitriles is 1. The minimum Gasteiger partial charge on any atom is -0.465 e. The van der Waals surface area contributed by atoms with Crippen LogP contribution in [0.15, 0.2) is 23.9 Å². The molecule has 0 amide bonds. The van der Waals surface area contributed by atoms with E-state index in [4.69, 9.17) is 5.26 Å². The zero-order chi connectivity index (χ0) is 9.68. The van der Waals surface area contributed by atoms with Gasteiger partial charge in [-0.2, -0.15) is 5.26 Å². The van der Waals surface area contributed by atoms with E-state index in [1.54, 1.807) is 24.4 Å². The highest BCUT2D eigenvalue weighted by Gasteiger charge is 2.07. The van der Waals surface area contributed by atoms with Crippen molar-refractivity contribution in [1.29, 1.82) is 5.26 Å². The number of nitrogens with one attached hydrogen (secondary N) is 1. The molecular weight excluding hydrogens is 168 g/mol. The van der Waals surface area contributed by atoms with Crippen LogP contribution in [-0.4, -0.2) is 18.1 Å². The number of esters is 1. The van der Waals surface area contributed by atoms with E-state index in [1.807, 2.05) is 0 Å². The summed E-state index contributed by atoms with van der Waals surface area (Å²) in [4.78, 5) is 13.8. The van der Waals surface area contributed by atoms with Crippen LogP contribution in [0.3, 0.4) is 0 Å². The summed E-state index contributed by atoms with van der Waals surface area (Å²) in [7, 11) is 1.24. The van der Waals surface area contributed by atoms with Crippen LogP contribution in [0.5, 0.6) is 0 Å². The Kier molecular flexibility index (Phi) is 2.87. The molecule has 0 aliphatic rings. The third-order valence-corrected chi connectivity index (χ3v) is 1.45. The van der Waals surface area contributed by atoms with Gasteiger partial charge in [0.1, 0.15) is 11.6 Å². The van der Waals surface area contributed by atoms with Crippen molar-refractivity contribution in [3.63, 3.8) is 0 Å². The van der Waals surface area contributed by atoms with Gasteiger partial charge in [-0.25, -0.2) is 4.79 Å². The minimum atomic E-state index is -0.628. The largest absolute Gasteiger partial charge is 0.465 e. The number of rotatable bonds is 2. The van der Waals surface area contributed by atoms with Gasteiger partial charge in [0.2, 0.25) is 0 Å². The molecule has 1 aromatic rings. The Morgan fingerprint density at radius 3 is 3.00 bits per heavy atom. The number of carbonyl (C=O) groups is 1. The van der Waals surface area contributed by atoms with Crippen molar-refractivity contribution in [3.05, 3.63) is 29.6 Å². The fourth-order valence-electron chi connectivity index (χ4n) is 0.836. The second-order valence-corrected chi connectivity index (χ2v) is 2.29. The molecule has 0 atom stereocenters. The molecular formula is C9H8N2O2. The summed E-state index contributed by atoms with van der Waals surface area (Å²) in [6.45, 7) is 0. The molecule has 1 rings (SSSR count). The standard InChI is InChI=1S/C9H8N2O2/c1-13-9(12)7(6-10)5-8-3-2-4-11-8/h2-5,11H,1H3. The predicted octanol–water partition coefficient (Wildman–Crippen LogP) is 1.09. The van der Waals surface area contributed by atoms with Crippen molar-refractivity contribution in [1.82, 2.24) is 4.98 Å². The van der Waals surface area contributed by atoms with Gasteiger partial charge in [0.25, 0.3) is 0 Å². The number of aromatic nitrogens is 1. The summed E-state index contributed by atoms with van der Waals surface area (Å²) >= 11 is 0. The second-order valence-electron chi connectivity index (χ2n) is 2.29. The van der Waals surface area contributed by atoms with E-state index in [1.165, 1.54) is 13.2 Å². The molecule has 0 radical (unpaired) electrons. The van der Waals surface area contributed by atoms with Gasteiger partial charge in [-0.1, -0.05) is 0 Å². The smallest absolute Gasteiger partial charge is 0.348 e. The van der Waals surface area contributed by atoms with E-state index >= 15 is 0 Å².